The average molecular weight is 300 g/mol. The van der Waals surface area contributed by atoms with Gasteiger partial charge < -0.3 is 10.1 Å². The first kappa shape index (κ1) is 15.3. The first-order chi connectivity index (χ1) is 9.14. The topological polar surface area (TPSA) is 34.2 Å². The molecule has 0 radical (unpaired) electrons. The summed E-state index contributed by atoms with van der Waals surface area (Å²) in [6.45, 7) is 8.34. The summed E-state index contributed by atoms with van der Waals surface area (Å²) < 4.78 is 5.18. The fourth-order valence-corrected chi connectivity index (χ4v) is 5.41. The highest BCUT2D eigenvalue weighted by Gasteiger charge is 2.44. The number of aromatic nitrogens is 1. The number of hydrogen-bond donors (Lipinski definition) is 1. The molecule has 1 fully saturated rings. The van der Waals surface area contributed by atoms with Crippen LogP contribution < -0.4 is 5.32 Å². The number of nitrogens with zero attached hydrogens (tertiary/aromatic N) is 1. The molecule has 2 rings (SSSR count). The van der Waals surface area contributed by atoms with Crippen molar-refractivity contribution in [2.75, 3.05) is 26.0 Å². The number of thioether (sulfide) groups is 1. The van der Waals surface area contributed by atoms with Crippen molar-refractivity contribution < 1.29 is 4.74 Å². The SMILES string of the molecule is CCc1nc(C2(NCCOC)CCSC2C)sc1C. The number of nitrogens with one attached hydrogen (secondary N) is 1. The van der Waals surface area contributed by atoms with Crippen molar-refractivity contribution >= 4 is 23.1 Å². The summed E-state index contributed by atoms with van der Waals surface area (Å²) in [6.07, 6.45) is 2.19. The van der Waals surface area contributed by atoms with Crippen LogP contribution in [0.3, 0.4) is 0 Å². The van der Waals surface area contributed by atoms with Gasteiger partial charge in [0.25, 0.3) is 0 Å². The van der Waals surface area contributed by atoms with E-state index in [0.29, 0.717) is 5.25 Å². The van der Waals surface area contributed by atoms with Crippen LogP contribution in [0.1, 0.15) is 35.8 Å². The highest BCUT2D eigenvalue weighted by atomic mass is 32.2. The Hall–Kier alpha value is -0.100. The first-order valence-electron chi connectivity index (χ1n) is 6.96. The summed E-state index contributed by atoms with van der Waals surface area (Å²) in [4.78, 5) is 6.28. The van der Waals surface area contributed by atoms with E-state index < -0.39 is 0 Å². The molecule has 19 heavy (non-hydrogen) atoms. The Bertz CT molecular complexity index is 422. The van der Waals surface area contributed by atoms with E-state index in [1.54, 1.807) is 7.11 Å². The van der Waals surface area contributed by atoms with Gasteiger partial charge in [-0.25, -0.2) is 4.98 Å². The van der Waals surface area contributed by atoms with Gasteiger partial charge in [-0.2, -0.15) is 11.8 Å². The minimum Gasteiger partial charge on any atom is -0.383 e. The zero-order chi connectivity index (χ0) is 13.9. The van der Waals surface area contributed by atoms with Crippen LogP contribution in [0.15, 0.2) is 0 Å². The maximum atomic E-state index is 5.18. The normalized spacial score (nSPS) is 27.1. The second-order valence-corrected chi connectivity index (χ2v) is 7.68. The maximum absolute atomic E-state index is 5.18. The molecule has 1 saturated heterocycles. The van der Waals surface area contributed by atoms with E-state index in [2.05, 4.69) is 26.1 Å². The number of aryl methyl sites for hydroxylation is 2. The van der Waals surface area contributed by atoms with Gasteiger partial charge in [0.2, 0.25) is 0 Å². The molecule has 2 atom stereocenters. The Balaban J connectivity index is 2.26. The Kier molecular flexibility index (Phi) is 5.29. The van der Waals surface area contributed by atoms with Gasteiger partial charge in [0.05, 0.1) is 17.8 Å². The van der Waals surface area contributed by atoms with Gasteiger partial charge in [0.15, 0.2) is 0 Å². The number of methoxy groups -OCH3 is 1. The molecule has 0 aromatic carbocycles. The molecule has 3 nitrogen and oxygen atoms in total. The standard InChI is InChI=1S/C14H24N2OS2/c1-5-12-10(2)19-13(16-12)14(15-7-8-17-4)6-9-18-11(14)3/h11,15H,5-9H2,1-4H3. The molecule has 0 bridgehead atoms. The Morgan fingerprint density at radius 3 is 2.84 bits per heavy atom. The quantitative estimate of drug-likeness (QED) is 0.819. The molecule has 1 N–H and O–H groups in total. The van der Waals surface area contributed by atoms with Crippen LogP contribution in [0.5, 0.6) is 0 Å². The van der Waals surface area contributed by atoms with Crippen LogP contribution in [-0.4, -0.2) is 36.2 Å². The van der Waals surface area contributed by atoms with Gasteiger partial charge in [-0.15, -0.1) is 11.3 Å². The minimum absolute atomic E-state index is 0.0477. The third-order valence-corrected chi connectivity index (χ3v) is 6.45. The van der Waals surface area contributed by atoms with E-state index in [4.69, 9.17) is 9.72 Å². The second-order valence-electron chi connectivity index (χ2n) is 5.03. The fourth-order valence-electron chi connectivity index (χ4n) is 2.65. The maximum Gasteiger partial charge on any atom is 0.114 e. The summed E-state index contributed by atoms with van der Waals surface area (Å²) in [5.74, 6) is 1.21. The number of ether oxygens (including phenoxy) is 1. The monoisotopic (exact) mass is 300 g/mol. The van der Waals surface area contributed by atoms with E-state index in [9.17, 15) is 0 Å². The van der Waals surface area contributed by atoms with Crippen LogP contribution in [0.2, 0.25) is 0 Å². The number of rotatable bonds is 6. The van der Waals surface area contributed by atoms with Gasteiger partial charge in [-0.1, -0.05) is 13.8 Å². The van der Waals surface area contributed by atoms with Crippen molar-refractivity contribution in [3.63, 3.8) is 0 Å². The van der Waals surface area contributed by atoms with Gasteiger partial charge >= 0.3 is 0 Å². The van der Waals surface area contributed by atoms with Gasteiger partial charge in [-0.3, -0.25) is 0 Å². The largest absolute Gasteiger partial charge is 0.383 e. The van der Waals surface area contributed by atoms with Crippen molar-refractivity contribution in [1.82, 2.24) is 10.3 Å². The molecule has 0 aliphatic carbocycles. The van der Waals surface area contributed by atoms with E-state index in [1.165, 1.54) is 27.8 Å². The highest BCUT2D eigenvalue weighted by molar-refractivity contribution is 8.00. The molecule has 1 aromatic heterocycles. The van der Waals surface area contributed by atoms with E-state index in [0.717, 1.165) is 19.6 Å². The first-order valence-corrected chi connectivity index (χ1v) is 8.83. The van der Waals surface area contributed by atoms with E-state index >= 15 is 0 Å². The molecule has 2 unspecified atom stereocenters. The summed E-state index contributed by atoms with van der Waals surface area (Å²) in [7, 11) is 1.75. The number of thiazole rings is 1. The lowest BCUT2D eigenvalue weighted by Crippen LogP contribution is -2.47. The van der Waals surface area contributed by atoms with Crippen molar-refractivity contribution in [1.29, 1.82) is 0 Å². The van der Waals surface area contributed by atoms with Crippen molar-refractivity contribution in [2.24, 2.45) is 0 Å². The van der Waals surface area contributed by atoms with Crippen molar-refractivity contribution in [3.8, 4) is 0 Å². The molecule has 0 amide bonds. The summed E-state index contributed by atoms with van der Waals surface area (Å²) in [5, 5.41) is 5.57. The molecule has 1 aliphatic rings. The van der Waals surface area contributed by atoms with Crippen LogP contribution in [0, 0.1) is 6.92 Å². The molecule has 0 saturated carbocycles. The van der Waals surface area contributed by atoms with Crippen molar-refractivity contribution in [2.45, 2.75) is 44.4 Å². The molecular weight excluding hydrogens is 276 g/mol. The zero-order valence-electron chi connectivity index (χ0n) is 12.3. The van der Waals surface area contributed by atoms with Crippen LogP contribution in [0.4, 0.5) is 0 Å². The van der Waals surface area contributed by atoms with E-state index in [1.807, 2.05) is 23.1 Å². The summed E-state index contributed by atoms with van der Waals surface area (Å²) >= 11 is 3.91. The van der Waals surface area contributed by atoms with E-state index in [-0.39, 0.29) is 5.54 Å². The Morgan fingerprint density at radius 1 is 1.53 bits per heavy atom. The summed E-state index contributed by atoms with van der Waals surface area (Å²) in [6, 6.07) is 0. The van der Waals surface area contributed by atoms with Crippen LogP contribution in [0.25, 0.3) is 0 Å². The predicted molar refractivity (Wildman–Crippen MR) is 84.3 cm³/mol. The van der Waals surface area contributed by atoms with Crippen LogP contribution in [-0.2, 0) is 16.7 Å². The lowest BCUT2D eigenvalue weighted by molar-refractivity contribution is 0.183. The van der Waals surface area contributed by atoms with Crippen LogP contribution >= 0.6 is 23.1 Å². The third-order valence-electron chi connectivity index (χ3n) is 3.91. The molecule has 1 aliphatic heterocycles. The molecule has 108 valence electrons. The van der Waals surface area contributed by atoms with Gasteiger partial charge in [0.1, 0.15) is 5.01 Å². The lowest BCUT2D eigenvalue weighted by Gasteiger charge is -2.32. The highest BCUT2D eigenvalue weighted by Crippen LogP contribution is 2.44. The third kappa shape index (κ3) is 2.99. The molecule has 1 aromatic rings. The minimum atomic E-state index is 0.0477. The lowest BCUT2D eigenvalue weighted by atomic mass is 9.93. The molecule has 2 heterocycles. The molecule has 5 heteroatoms. The van der Waals surface area contributed by atoms with Gasteiger partial charge in [0, 0.05) is 23.8 Å². The van der Waals surface area contributed by atoms with Crippen molar-refractivity contribution in [3.05, 3.63) is 15.6 Å². The Labute approximate surface area is 124 Å². The predicted octanol–water partition coefficient (Wildman–Crippen LogP) is 2.97. The summed E-state index contributed by atoms with van der Waals surface area (Å²) in [5.41, 5.74) is 1.31. The Morgan fingerprint density at radius 2 is 2.32 bits per heavy atom. The second kappa shape index (κ2) is 6.57. The fraction of sp³-hybridized carbons (Fsp3) is 0.786. The smallest absolute Gasteiger partial charge is 0.114 e. The number of hydrogen-bond acceptors (Lipinski definition) is 5. The molecule has 0 spiro atoms. The molecular formula is C14H24N2OS2. The van der Waals surface area contributed by atoms with Gasteiger partial charge in [-0.05, 0) is 25.5 Å². The zero-order valence-corrected chi connectivity index (χ0v) is 13.9. The average Bonchev–Trinajstić information content (AvgIpc) is 2.94.